The average molecular weight is 374 g/mol. The molecule has 1 heterocycles. The van der Waals surface area contributed by atoms with Crippen LogP contribution in [0.4, 0.5) is 11.4 Å². The van der Waals surface area contributed by atoms with Crippen molar-refractivity contribution in [3.8, 4) is 0 Å². The van der Waals surface area contributed by atoms with Crippen molar-refractivity contribution in [2.45, 2.75) is 6.54 Å². The van der Waals surface area contributed by atoms with Gasteiger partial charge in [-0.15, -0.1) is 0 Å². The molecule has 1 N–H and O–H groups in total. The summed E-state index contributed by atoms with van der Waals surface area (Å²) >= 11 is 6.71. The van der Waals surface area contributed by atoms with Crippen LogP contribution in [-0.4, -0.2) is 14.1 Å². The Morgan fingerprint density at radius 3 is 2.33 bits per heavy atom. The van der Waals surface area contributed by atoms with Crippen molar-refractivity contribution in [2.75, 3.05) is 24.3 Å². The van der Waals surface area contributed by atoms with E-state index in [0.717, 1.165) is 20.6 Å². The van der Waals surface area contributed by atoms with Crippen LogP contribution in [0.15, 0.2) is 43.9 Å². The molecule has 96 valence electrons. The number of rotatable bonds is 4. The lowest BCUT2D eigenvalue weighted by atomic mass is 10.2. The molecule has 2 aromatic rings. The standard InChI is InChI=1S/C13H14Br2N2O/c1-17(2)10-5-3-9(4-6-10)16-8-11-7-12(14)13(15)18-11/h3-7,16H,8H2,1-2H3. The second-order valence-electron chi connectivity index (χ2n) is 4.13. The summed E-state index contributed by atoms with van der Waals surface area (Å²) in [6, 6.07) is 10.2. The summed E-state index contributed by atoms with van der Waals surface area (Å²) in [5, 5.41) is 3.31. The van der Waals surface area contributed by atoms with E-state index in [4.69, 9.17) is 4.42 Å². The van der Waals surface area contributed by atoms with Crippen LogP contribution in [0.3, 0.4) is 0 Å². The van der Waals surface area contributed by atoms with Gasteiger partial charge < -0.3 is 14.6 Å². The van der Waals surface area contributed by atoms with E-state index in [9.17, 15) is 0 Å². The highest BCUT2D eigenvalue weighted by molar-refractivity contribution is 9.13. The second kappa shape index (κ2) is 5.80. The van der Waals surface area contributed by atoms with Gasteiger partial charge in [0, 0.05) is 25.5 Å². The highest BCUT2D eigenvalue weighted by Crippen LogP contribution is 2.27. The number of furan rings is 1. The maximum Gasteiger partial charge on any atom is 0.183 e. The number of hydrogen-bond donors (Lipinski definition) is 1. The van der Waals surface area contributed by atoms with Crippen LogP contribution in [-0.2, 0) is 6.54 Å². The summed E-state index contributed by atoms with van der Waals surface area (Å²) < 4.78 is 7.15. The molecule has 0 aliphatic rings. The van der Waals surface area contributed by atoms with Gasteiger partial charge in [0.2, 0.25) is 0 Å². The summed E-state index contributed by atoms with van der Waals surface area (Å²) in [6.45, 7) is 0.658. The maximum atomic E-state index is 5.50. The molecule has 2 rings (SSSR count). The Balaban J connectivity index is 1.97. The van der Waals surface area contributed by atoms with Gasteiger partial charge >= 0.3 is 0 Å². The van der Waals surface area contributed by atoms with E-state index in [1.165, 1.54) is 5.69 Å². The molecule has 1 aromatic carbocycles. The monoisotopic (exact) mass is 372 g/mol. The van der Waals surface area contributed by atoms with E-state index in [1.54, 1.807) is 0 Å². The summed E-state index contributed by atoms with van der Waals surface area (Å²) in [4.78, 5) is 2.07. The van der Waals surface area contributed by atoms with E-state index in [1.807, 2.05) is 20.2 Å². The molecular formula is C13H14Br2N2O. The highest BCUT2D eigenvalue weighted by Gasteiger charge is 2.05. The number of nitrogens with zero attached hydrogens (tertiary/aromatic N) is 1. The Labute approximate surface area is 123 Å². The molecule has 0 saturated heterocycles. The van der Waals surface area contributed by atoms with E-state index in [0.29, 0.717) is 6.54 Å². The van der Waals surface area contributed by atoms with Gasteiger partial charge in [0.05, 0.1) is 11.0 Å². The number of benzene rings is 1. The van der Waals surface area contributed by atoms with Gasteiger partial charge in [0.25, 0.3) is 0 Å². The lowest BCUT2D eigenvalue weighted by Crippen LogP contribution is -2.08. The third-order valence-electron chi connectivity index (χ3n) is 2.55. The average Bonchev–Trinajstić information content (AvgIpc) is 2.67. The smallest absolute Gasteiger partial charge is 0.183 e. The topological polar surface area (TPSA) is 28.4 Å². The van der Waals surface area contributed by atoms with Crippen molar-refractivity contribution in [3.05, 3.63) is 45.2 Å². The Morgan fingerprint density at radius 2 is 1.83 bits per heavy atom. The van der Waals surface area contributed by atoms with Crippen molar-refractivity contribution in [1.82, 2.24) is 0 Å². The Morgan fingerprint density at radius 1 is 1.17 bits per heavy atom. The van der Waals surface area contributed by atoms with Crippen molar-refractivity contribution in [1.29, 1.82) is 0 Å². The minimum absolute atomic E-state index is 0.658. The fourth-order valence-corrected chi connectivity index (χ4v) is 2.20. The molecule has 1 aromatic heterocycles. The van der Waals surface area contributed by atoms with Crippen LogP contribution in [0.25, 0.3) is 0 Å². The van der Waals surface area contributed by atoms with Gasteiger partial charge in [0.1, 0.15) is 5.76 Å². The van der Waals surface area contributed by atoms with Gasteiger partial charge in [-0.3, -0.25) is 0 Å². The molecule has 3 nitrogen and oxygen atoms in total. The third kappa shape index (κ3) is 3.29. The molecule has 0 radical (unpaired) electrons. The second-order valence-corrected chi connectivity index (χ2v) is 5.70. The first-order valence-electron chi connectivity index (χ1n) is 5.51. The van der Waals surface area contributed by atoms with Crippen LogP contribution in [0.1, 0.15) is 5.76 Å². The van der Waals surface area contributed by atoms with Crippen LogP contribution in [0.5, 0.6) is 0 Å². The predicted octanol–water partition coefficient (Wildman–Crippen LogP) is 4.48. The van der Waals surface area contributed by atoms with Gasteiger partial charge in [-0.1, -0.05) is 0 Å². The van der Waals surface area contributed by atoms with Crippen molar-refractivity contribution >= 4 is 43.2 Å². The summed E-state index contributed by atoms with van der Waals surface area (Å²) in [6.07, 6.45) is 0. The lowest BCUT2D eigenvalue weighted by Gasteiger charge is -2.13. The van der Waals surface area contributed by atoms with Gasteiger partial charge in [0.15, 0.2) is 4.67 Å². The first-order valence-corrected chi connectivity index (χ1v) is 7.10. The largest absolute Gasteiger partial charge is 0.451 e. The molecule has 5 heteroatoms. The molecule has 18 heavy (non-hydrogen) atoms. The van der Waals surface area contributed by atoms with E-state index < -0.39 is 0 Å². The fourth-order valence-electron chi connectivity index (χ4n) is 1.55. The predicted molar refractivity (Wildman–Crippen MR) is 82.2 cm³/mol. The summed E-state index contributed by atoms with van der Waals surface area (Å²) in [5.74, 6) is 0.880. The number of hydrogen-bond acceptors (Lipinski definition) is 3. The van der Waals surface area contributed by atoms with Crippen LogP contribution in [0.2, 0.25) is 0 Å². The Hall–Kier alpha value is -0.940. The molecule has 0 aliphatic carbocycles. The molecule has 0 atom stereocenters. The minimum Gasteiger partial charge on any atom is -0.451 e. The quantitative estimate of drug-likeness (QED) is 0.856. The molecule has 0 amide bonds. The minimum atomic E-state index is 0.658. The fraction of sp³-hybridized carbons (Fsp3) is 0.231. The molecule has 0 unspecified atom stereocenters. The first kappa shape index (κ1) is 13.5. The molecule has 0 bridgehead atoms. The number of halogens is 2. The lowest BCUT2D eigenvalue weighted by molar-refractivity contribution is 0.494. The molecule has 0 fully saturated rings. The van der Waals surface area contributed by atoms with Gasteiger partial charge in [-0.25, -0.2) is 0 Å². The number of nitrogens with one attached hydrogen (secondary N) is 1. The maximum absolute atomic E-state index is 5.50. The zero-order chi connectivity index (χ0) is 13.1. The molecule has 0 aliphatic heterocycles. The van der Waals surface area contributed by atoms with Crippen LogP contribution >= 0.6 is 31.9 Å². The summed E-state index contributed by atoms with van der Waals surface area (Å²) in [7, 11) is 4.06. The van der Waals surface area contributed by atoms with Crippen molar-refractivity contribution in [2.24, 2.45) is 0 Å². The zero-order valence-corrected chi connectivity index (χ0v) is 13.4. The molecular weight excluding hydrogens is 360 g/mol. The Kier molecular flexibility index (Phi) is 4.35. The van der Waals surface area contributed by atoms with Crippen molar-refractivity contribution in [3.63, 3.8) is 0 Å². The van der Waals surface area contributed by atoms with Gasteiger partial charge in [-0.2, -0.15) is 0 Å². The normalized spacial score (nSPS) is 10.4. The summed E-state index contributed by atoms with van der Waals surface area (Å²) in [5.41, 5.74) is 2.26. The zero-order valence-electron chi connectivity index (χ0n) is 10.2. The third-order valence-corrected chi connectivity index (χ3v) is 4.26. The highest BCUT2D eigenvalue weighted by atomic mass is 79.9. The number of anilines is 2. The molecule has 0 spiro atoms. The van der Waals surface area contributed by atoms with Crippen molar-refractivity contribution < 1.29 is 4.42 Å². The van der Waals surface area contributed by atoms with Crippen LogP contribution < -0.4 is 10.2 Å². The Bertz CT molecular complexity index is 501. The molecule has 0 saturated carbocycles. The van der Waals surface area contributed by atoms with Gasteiger partial charge in [-0.05, 0) is 62.2 Å². The SMILES string of the molecule is CN(C)c1ccc(NCc2cc(Br)c(Br)o2)cc1. The van der Waals surface area contributed by atoms with Crippen LogP contribution in [0, 0.1) is 0 Å². The van der Waals surface area contributed by atoms with E-state index >= 15 is 0 Å². The van der Waals surface area contributed by atoms with E-state index in [-0.39, 0.29) is 0 Å². The first-order chi connectivity index (χ1) is 8.56. The van der Waals surface area contributed by atoms with E-state index in [2.05, 4.69) is 66.3 Å².